The van der Waals surface area contributed by atoms with Crippen LogP contribution >= 0.6 is 11.3 Å². The minimum absolute atomic E-state index is 0.0363. The van der Waals surface area contributed by atoms with E-state index in [1.807, 2.05) is 18.6 Å². The van der Waals surface area contributed by atoms with E-state index in [9.17, 15) is 4.79 Å². The van der Waals surface area contributed by atoms with Gasteiger partial charge in [-0.25, -0.2) is 4.98 Å². The van der Waals surface area contributed by atoms with Gasteiger partial charge in [-0.3, -0.25) is 9.78 Å². The van der Waals surface area contributed by atoms with Gasteiger partial charge in [-0.1, -0.05) is 12.1 Å². The quantitative estimate of drug-likeness (QED) is 0.310. The topological polar surface area (TPSA) is 110 Å². The number of aromatic nitrogens is 5. The zero-order chi connectivity index (χ0) is 25.1. The van der Waals surface area contributed by atoms with Crippen LogP contribution in [-0.4, -0.2) is 42.5 Å². The molecule has 0 saturated heterocycles. The van der Waals surface area contributed by atoms with Crippen LogP contribution in [0.1, 0.15) is 58.1 Å². The van der Waals surface area contributed by atoms with Gasteiger partial charge in [0.2, 0.25) is 11.9 Å². The highest BCUT2D eigenvalue weighted by molar-refractivity contribution is 7.13. The Morgan fingerprint density at radius 3 is 2.58 bits per heavy atom. The van der Waals surface area contributed by atoms with Gasteiger partial charge in [-0.2, -0.15) is 9.97 Å². The number of hydrogen-bond acceptors (Lipinski definition) is 8. The molecule has 0 aliphatic heterocycles. The van der Waals surface area contributed by atoms with Crippen molar-refractivity contribution in [2.24, 2.45) is 0 Å². The lowest BCUT2D eigenvalue weighted by molar-refractivity contribution is -0.119. The van der Waals surface area contributed by atoms with Gasteiger partial charge in [0.05, 0.1) is 16.9 Å². The summed E-state index contributed by atoms with van der Waals surface area (Å²) in [6.45, 7) is 6.40. The summed E-state index contributed by atoms with van der Waals surface area (Å²) in [6, 6.07) is 9.01. The molecule has 1 fully saturated rings. The van der Waals surface area contributed by atoms with Crippen molar-refractivity contribution in [1.29, 1.82) is 0 Å². The fourth-order valence-corrected chi connectivity index (χ4v) is 5.32. The van der Waals surface area contributed by atoms with E-state index in [0.717, 1.165) is 53.0 Å². The van der Waals surface area contributed by atoms with Crippen LogP contribution in [0.4, 0.5) is 11.8 Å². The lowest BCUT2D eigenvalue weighted by atomic mass is 9.91. The second-order valence-corrected chi connectivity index (χ2v) is 10.5. The largest absolute Gasteiger partial charge is 0.364 e. The van der Waals surface area contributed by atoms with Crippen LogP contribution in [-0.2, 0) is 11.3 Å². The van der Waals surface area contributed by atoms with Gasteiger partial charge in [0.25, 0.3) is 0 Å². The second-order valence-electron chi connectivity index (χ2n) is 9.59. The smallest absolute Gasteiger partial charge is 0.227 e. The minimum Gasteiger partial charge on any atom is -0.364 e. The van der Waals surface area contributed by atoms with Gasteiger partial charge in [-0.05, 0) is 62.6 Å². The molecule has 1 saturated carbocycles. The van der Waals surface area contributed by atoms with Gasteiger partial charge < -0.3 is 20.5 Å². The number of nitrogens with one attached hydrogen (secondary N) is 3. The van der Waals surface area contributed by atoms with Crippen LogP contribution < -0.4 is 16.0 Å². The van der Waals surface area contributed by atoms with Crippen molar-refractivity contribution in [3.63, 3.8) is 0 Å². The number of fused-ring (bicyclic) bond motifs is 1. The van der Waals surface area contributed by atoms with Crippen molar-refractivity contribution in [3.8, 4) is 10.6 Å². The van der Waals surface area contributed by atoms with E-state index in [-0.39, 0.29) is 24.0 Å². The molecule has 36 heavy (non-hydrogen) atoms. The molecule has 4 aromatic rings. The van der Waals surface area contributed by atoms with E-state index in [4.69, 9.17) is 9.97 Å². The van der Waals surface area contributed by atoms with Crippen molar-refractivity contribution in [1.82, 2.24) is 29.8 Å². The molecule has 3 N–H and O–H groups in total. The molecular weight excluding hydrogens is 472 g/mol. The van der Waals surface area contributed by atoms with Crippen molar-refractivity contribution in [3.05, 3.63) is 47.7 Å². The first-order valence-electron chi connectivity index (χ1n) is 12.5. The Kier molecular flexibility index (Phi) is 7.13. The summed E-state index contributed by atoms with van der Waals surface area (Å²) in [5.74, 6) is 1.34. The molecule has 0 unspecified atom stereocenters. The summed E-state index contributed by atoms with van der Waals surface area (Å²) in [5, 5.41) is 12.1. The number of carbonyl (C=O) groups is 1. The predicted molar refractivity (Wildman–Crippen MR) is 144 cm³/mol. The number of anilines is 2. The number of carbonyl (C=O) groups excluding carboxylic acids is 1. The number of pyridine rings is 1. The molecule has 10 heteroatoms. The van der Waals surface area contributed by atoms with Gasteiger partial charge in [0.1, 0.15) is 0 Å². The Balaban J connectivity index is 1.33. The number of amides is 1. The van der Waals surface area contributed by atoms with E-state index in [2.05, 4.69) is 67.9 Å². The van der Waals surface area contributed by atoms with Gasteiger partial charge >= 0.3 is 0 Å². The second kappa shape index (κ2) is 10.6. The Morgan fingerprint density at radius 1 is 1.11 bits per heavy atom. The molecule has 0 bridgehead atoms. The third-order valence-electron chi connectivity index (χ3n) is 6.50. The first-order valence-corrected chi connectivity index (χ1v) is 13.3. The molecule has 1 amide bonds. The summed E-state index contributed by atoms with van der Waals surface area (Å²) in [7, 11) is 0. The molecule has 1 aliphatic carbocycles. The van der Waals surface area contributed by atoms with Gasteiger partial charge in [-0.15, -0.1) is 11.3 Å². The average molecular weight is 505 g/mol. The Labute approximate surface area is 214 Å². The number of hydrogen-bond donors (Lipinski definition) is 3. The first-order chi connectivity index (χ1) is 17.5. The molecule has 4 heterocycles. The van der Waals surface area contributed by atoms with Crippen LogP contribution in [0.2, 0.25) is 0 Å². The van der Waals surface area contributed by atoms with Crippen LogP contribution in [0.5, 0.6) is 0 Å². The number of nitrogens with zero attached hydrogens (tertiary/aromatic N) is 5. The molecule has 9 nitrogen and oxygen atoms in total. The number of thiophene rings is 1. The summed E-state index contributed by atoms with van der Waals surface area (Å²) >= 11 is 1.69. The van der Waals surface area contributed by atoms with Crippen molar-refractivity contribution >= 4 is 40.2 Å². The molecule has 0 radical (unpaired) electrons. The zero-order valence-corrected chi connectivity index (χ0v) is 21.7. The van der Waals surface area contributed by atoms with E-state index in [1.54, 1.807) is 18.3 Å². The van der Waals surface area contributed by atoms with Crippen molar-refractivity contribution in [2.75, 3.05) is 10.6 Å². The Bertz CT molecular complexity index is 1310. The molecule has 5 rings (SSSR count). The maximum Gasteiger partial charge on any atom is 0.227 e. The fraction of sp³-hybridized carbons (Fsp3) is 0.423. The highest BCUT2D eigenvalue weighted by atomic mass is 32.1. The molecule has 0 atom stereocenters. The Morgan fingerprint density at radius 2 is 1.92 bits per heavy atom. The average Bonchev–Trinajstić information content (AvgIpc) is 3.54. The molecule has 0 aromatic carbocycles. The monoisotopic (exact) mass is 504 g/mol. The standard InChI is InChI=1S/C26H32N8OS/c1-16(2)34-15-29-23-24(28-14-18-6-11-21(27-13-18)22-5-4-12-36-22)32-26(33-25(23)34)31-20-9-7-19(8-10-20)30-17(3)35/h4-6,11-13,15-16,19-20H,7-10,14H2,1-3H3,(H,30,35)(H2,28,31,32,33). The normalized spacial score (nSPS) is 17.9. The summed E-state index contributed by atoms with van der Waals surface area (Å²) in [6.07, 6.45) is 7.54. The van der Waals surface area contributed by atoms with Crippen LogP contribution in [0.25, 0.3) is 21.7 Å². The third kappa shape index (κ3) is 5.48. The summed E-state index contributed by atoms with van der Waals surface area (Å²) in [4.78, 5) is 31.4. The van der Waals surface area contributed by atoms with E-state index in [1.165, 1.54) is 0 Å². The molecule has 188 valence electrons. The molecular formula is C26H32N8OS. The van der Waals surface area contributed by atoms with Crippen LogP contribution in [0.3, 0.4) is 0 Å². The lowest BCUT2D eigenvalue weighted by Gasteiger charge is -2.29. The minimum atomic E-state index is 0.0363. The number of imidazole rings is 1. The highest BCUT2D eigenvalue weighted by Gasteiger charge is 2.23. The van der Waals surface area contributed by atoms with Crippen LogP contribution in [0, 0.1) is 0 Å². The maximum atomic E-state index is 11.4. The molecule has 1 aliphatic rings. The van der Waals surface area contributed by atoms with E-state index in [0.29, 0.717) is 18.3 Å². The van der Waals surface area contributed by atoms with E-state index < -0.39 is 0 Å². The molecule has 0 spiro atoms. The number of rotatable bonds is 8. The third-order valence-corrected chi connectivity index (χ3v) is 7.40. The first kappa shape index (κ1) is 24.2. The van der Waals surface area contributed by atoms with E-state index >= 15 is 0 Å². The van der Waals surface area contributed by atoms with Crippen molar-refractivity contribution in [2.45, 2.75) is 71.1 Å². The molecule has 4 aromatic heterocycles. The SMILES string of the molecule is CC(=O)NC1CCC(Nc2nc(NCc3ccc(-c4cccs4)nc3)c3ncn(C(C)C)c3n2)CC1. The Hall–Kier alpha value is -3.53. The lowest BCUT2D eigenvalue weighted by Crippen LogP contribution is -2.39. The highest BCUT2D eigenvalue weighted by Crippen LogP contribution is 2.27. The fourth-order valence-electron chi connectivity index (χ4n) is 4.62. The summed E-state index contributed by atoms with van der Waals surface area (Å²) < 4.78 is 2.07. The maximum absolute atomic E-state index is 11.4. The summed E-state index contributed by atoms with van der Waals surface area (Å²) in [5.41, 5.74) is 3.61. The predicted octanol–water partition coefficient (Wildman–Crippen LogP) is 5.00. The van der Waals surface area contributed by atoms with Crippen molar-refractivity contribution < 1.29 is 4.79 Å². The van der Waals surface area contributed by atoms with Gasteiger partial charge in [0.15, 0.2) is 17.0 Å². The van der Waals surface area contributed by atoms with Gasteiger partial charge in [0, 0.05) is 37.8 Å². The van der Waals surface area contributed by atoms with Crippen LogP contribution in [0.15, 0.2) is 42.2 Å². The zero-order valence-electron chi connectivity index (χ0n) is 20.9.